The van der Waals surface area contributed by atoms with Gasteiger partial charge in [0.1, 0.15) is 5.00 Å². The van der Waals surface area contributed by atoms with Crippen LogP contribution in [-0.4, -0.2) is 66.3 Å². The van der Waals surface area contributed by atoms with Crippen LogP contribution in [0.3, 0.4) is 0 Å². The molecule has 3 amide bonds. The second-order valence-electron chi connectivity index (χ2n) is 7.80. The minimum atomic E-state index is -0.558. The van der Waals surface area contributed by atoms with Gasteiger partial charge in [0.2, 0.25) is 11.8 Å². The molecule has 0 saturated carbocycles. The van der Waals surface area contributed by atoms with Crippen molar-refractivity contribution in [3.63, 3.8) is 0 Å². The summed E-state index contributed by atoms with van der Waals surface area (Å²) in [5, 5.41) is 8.01. The highest BCUT2D eigenvalue weighted by Gasteiger charge is 2.27. The van der Waals surface area contributed by atoms with E-state index in [2.05, 4.69) is 20.4 Å². The van der Waals surface area contributed by atoms with Crippen molar-refractivity contribution in [3.05, 3.63) is 46.3 Å². The standard InChI is InChI=1S/C22H29N5O3S/c1-14-5-4-6-18(15(14)2)24-19(28)13-26-8-10-27(11-9-26)16(3)21(30)25-22-17(20(23)29)7-12-31-22/h4-7,12,16H,8-11,13H2,1-3H3,(H2,23,29)(H,24,28)(H,25,30). The molecule has 8 nitrogen and oxygen atoms in total. The zero-order chi connectivity index (χ0) is 22.5. The Labute approximate surface area is 186 Å². The monoisotopic (exact) mass is 443 g/mol. The Hall–Kier alpha value is -2.75. The Bertz CT molecular complexity index is 966. The van der Waals surface area contributed by atoms with E-state index in [1.807, 2.05) is 39.0 Å². The first-order valence-corrected chi connectivity index (χ1v) is 11.1. The van der Waals surface area contributed by atoms with Crippen LogP contribution in [0.2, 0.25) is 0 Å². The van der Waals surface area contributed by atoms with Gasteiger partial charge in [-0.05, 0) is 49.4 Å². The molecule has 31 heavy (non-hydrogen) atoms. The van der Waals surface area contributed by atoms with E-state index in [-0.39, 0.29) is 17.9 Å². The summed E-state index contributed by atoms with van der Waals surface area (Å²) in [4.78, 5) is 40.7. The fourth-order valence-corrected chi connectivity index (χ4v) is 4.37. The fraction of sp³-hybridized carbons (Fsp3) is 0.409. The number of hydrogen-bond acceptors (Lipinski definition) is 6. The van der Waals surface area contributed by atoms with Crippen molar-refractivity contribution in [2.45, 2.75) is 26.8 Å². The lowest BCUT2D eigenvalue weighted by molar-refractivity contribution is -0.122. The SMILES string of the molecule is Cc1cccc(NC(=O)CN2CCN(C(C)C(=O)Nc3sccc3C(N)=O)CC2)c1C. The largest absolute Gasteiger partial charge is 0.366 e. The molecular weight excluding hydrogens is 414 g/mol. The molecule has 1 atom stereocenters. The highest BCUT2D eigenvalue weighted by Crippen LogP contribution is 2.23. The van der Waals surface area contributed by atoms with Crippen LogP contribution in [0.1, 0.15) is 28.4 Å². The smallest absolute Gasteiger partial charge is 0.251 e. The quantitative estimate of drug-likeness (QED) is 0.607. The predicted molar refractivity (Wildman–Crippen MR) is 123 cm³/mol. The number of anilines is 2. The Morgan fingerprint density at radius 1 is 1.10 bits per heavy atom. The molecule has 9 heteroatoms. The maximum absolute atomic E-state index is 12.6. The van der Waals surface area contributed by atoms with Crippen LogP contribution in [0, 0.1) is 13.8 Å². The van der Waals surface area contributed by atoms with Crippen molar-refractivity contribution in [2.24, 2.45) is 5.73 Å². The average molecular weight is 444 g/mol. The Kier molecular flexibility index (Phi) is 7.42. The van der Waals surface area contributed by atoms with Crippen LogP contribution in [0.15, 0.2) is 29.6 Å². The van der Waals surface area contributed by atoms with Crippen molar-refractivity contribution >= 4 is 39.7 Å². The van der Waals surface area contributed by atoms with Crippen LogP contribution in [-0.2, 0) is 9.59 Å². The van der Waals surface area contributed by atoms with Gasteiger partial charge < -0.3 is 16.4 Å². The zero-order valence-corrected chi connectivity index (χ0v) is 18.9. The number of benzene rings is 1. The summed E-state index contributed by atoms with van der Waals surface area (Å²) in [6, 6.07) is 7.12. The van der Waals surface area contributed by atoms with E-state index in [0.717, 1.165) is 16.8 Å². The molecule has 1 aromatic heterocycles. The first-order chi connectivity index (χ1) is 14.8. The first-order valence-electron chi connectivity index (χ1n) is 10.3. The van der Waals surface area contributed by atoms with E-state index in [0.29, 0.717) is 43.3 Å². The third kappa shape index (κ3) is 5.69. The van der Waals surface area contributed by atoms with Crippen LogP contribution in [0.4, 0.5) is 10.7 Å². The lowest BCUT2D eigenvalue weighted by atomic mass is 10.1. The highest BCUT2D eigenvalue weighted by atomic mass is 32.1. The van der Waals surface area contributed by atoms with E-state index >= 15 is 0 Å². The Balaban J connectivity index is 1.47. The van der Waals surface area contributed by atoms with Gasteiger partial charge in [0, 0.05) is 31.9 Å². The van der Waals surface area contributed by atoms with Gasteiger partial charge in [0.05, 0.1) is 18.2 Å². The maximum Gasteiger partial charge on any atom is 0.251 e. The molecule has 4 N–H and O–H groups in total. The number of primary amides is 1. The van der Waals surface area contributed by atoms with Crippen molar-refractivity contribution in [1.29, 1.82) is 0 Å². The maximum atomic E-state index is 12.6. The lowest BCUT2D eigenvalue weighted by Gasteiger charge is -2.37. The van der Waals surface area contributed by atoms with Crippen LogP contribution in [0.25, 0.3) is 0 Å². The third-order valence-electron chi connectivity index (χ3n) is 5.75. The molecule has 166 valence electrons. The molecule has 1 aromatic carbocycles. The molecule has 3 rings (SSSR count). The van der Waals surface area contributed by atoms with E-state index in [1.165, 1.54) is 11.3 Å². The number of nitrogens with one attached hydrogen (secondary N) is 2. The molecular formula is C22H29N5O3S. The second kappa shape index (κ2) is 10.0. The van der Waals surface area contributed by atoms with E-state index in [9.17, 15) is 14.4 Å². The van der Waals surface area contributed by atoms with Gasteiger partial charge in [-0.1, -0.05) is 12.1 Å². The third-order valence-corrected chi connectivity index (χ3v) is 6.58. The minimum absolute atomic E-state index is 0.0374. The summed E-state index contributed by atoms with van der Waals surface area (Å²) < 4.78 is 0. The molecule has 2 aromatic rings. The van der Waals surface area contributed by atoms with Crippen molar-refractivity contribution < 1.29 is 14.4 Å². The van der Waals surface area contributed by atoms with E-state index < -0.39 is 5.91 Å². The zero-order valence-electron chi connectivity index (χ0n) is 18.1. The molecule has 0 radical (unpaired) electrons. The number of piperazine rings is 1. The molecule has 1 fully saturated rings. The fourth-order valence-electron chi connectivity index (χ4n) is 3.57. The van der Waals surface area contributed by atoms with Crippen molar-refractivity contribution in [3.8, 4) is 0 Å². The second-order valence-corrected chi connectivity index (χ2v) is 8.72. The summed E-state index contributed by atoms with van der Waals surface area (Å²) in [7, 11) is 0. The summed E-state index contributed by atoms with van der Waals surface area (Å²) in [5.41, 5.74) is 8.73. The molecule has 1 aliphatic rings. The average Bonchev–Trinajstić information content (AvgIpc) is 3.20. The first kappa shape index (κ1) is 22.9. The van der Waals surface area contributed by atoms with Gasteiger partial charge in [-0.15, -0.1) is 11.3 Å². The van der Waals surface area contributed by atoms with E-state index in [4.69, 9.17) is 5.73 Å². The van der Waals surface area contributed by atoms with Crippen LogP contribution in [0.5, 0.6) is 0 Å². The number of hydrogen-bond donors (Lipinski definition) is 3. The molecule has 0 aliphatic carbocycles. The summed E-state index contributed by atoms with van der Waals surface area (Å²) in [6.45, 7) is 8.94. The Morgan fingerprint density at radius 3 is 2.48 bits per heavy atom. The molecule has 2 heterocycles. The molecule has 1 unspecified atom stereocenters. The highest BCUT2D eigenvalue weighted by molar-refractivity contribution is 7.14. The molecule has 1 saturated heterocycles. The number of amides is 3. The molecule has 0 bridgehead atoms. The normalized spacial score (nSPS) is 16.0. The lowest BCUT2D eigenvalue weighted by Crippen LogP contribution is -2.53. The summed E-state index contributed by atoms with van der Waals surface area (Å²) in [6.07, 6.45) is 0. The van der Waals surface area contributed by atoms with Gasteiger partial charge in [-0.25, -0.2) is 0 Å². The van der Waals surface area contributed by atoms with Crippen molar-refractivity contribution in [2.75, 3.05) is 43.4 Å². The number of nitrogens with zero attached hydrogens (tertiary/aromatic N) is 2. The molecule has 0 spiro atoms. The topological polar surface area (TPSA) is 108 Å². The molecule has 1 aliphatic heterocycles. The van der Waals surface area contributed by atoms with Gasteiger partial charge in [-0.3, -0.25) is 24.2 Å². The number of rotatable bonds is 7. The number of carbonyl (C=O) groups is 3. The number of aryl methyl sites for hydroxylation is 1. The van der Waals surface area contributed by atoms with Crippen LogP contribution < -0.4 is 16.4 Å². The van der Waals surface area contributed by atoms with Crippen LogP contribution >= 0.6 is 11.3 Å². The Morgan fingerprint density at radius 2 is 1.81 bits per heavy atom. The summed E-state index contributed by atoms with van der Waals surface area (Å²) in [5.74, 6) is -0.771. The summed E-state index contributed by atoms with van der Waals surface area (Å²) >= 11 is 1.28. The predicted octanol–water partition coefficient (Wildman–Crippen LogP) is 2.05. The van der Waals surface area contributed by atoms with Gasteiger partial charge in [-0.2, -0.15) is 0 Å². The van der Waals surface area contributed by atoms with Crippen molar-refractivity contribution in [1.82, 2.24) is 9.80 Å². The van der Waals surface area contributed by atoms with Gasteiger partial charge >= 0.3 is 0 Å². The van der Waals surface area contributed by atoms with Gasteiger partial charge in [0.25, 0.3) is 5.91 Å². The number of nitrogens with two attached hydrogens (primary N) is 1. The van der Waals surface area contributed by atoms with E-state index in [1.54, 1.807) is 11.4 Å². The van der Waals surface area contributed by atoms with Gasteiger partial charge in [0.15, 0.2) is 0 Å². The number of carbonyl (C=O) groups excluding carboxylic acids is 3. The minimum Gasteiger partial charge on any atom is -0.366 e. The number of thiophene rings is 1.